The standard InChI is InChI=1S/C34H45F3N2O3/c1-28(2)10-12-33(27(41)39-18-34(35,36)37)13-11-32(7)24(20(33)16-28)25-21(42-25)14-23-30(5)15-19(17-38)26(40)29(3,4)22(30)8-9-31(23,32)6/h14-15,20-22,24-25H,8-13,16,18H2,1-7H3,(H,39,41)/t20?,21?,22?,24?,25?,30-,31+,32+,33-/m0/s1. The smallest absolute Gasteiger partial charge is 0.365 e. The molecular weight excluding hydrogens is 541 g/mol. The fourth-order valence-electron chi connectivity index (χ4n) is 11.1. The van der Waals surface area contributed by atoms with Gasteiger partial charge in [0, 0.05) is 10.8 Å². The van der Waals surface area contributed by atoms with Crippen LogP contribution in [-0.4, -0.2) is 36.6 Å². The lowest BCUT2D eigenvalue weighted by Gasteiger charge is -2.67. The number of alkyl halides is 3. The molecule has 1 amide bonds. The first-order chi connectivity index (χ1) is 19.3. The van der Waals surface area contributed by atoms with E-state index in [0.29, 0.717) is 19.3 Å². The Morgan fingerprint density at radius 3 is 2.38 bits per heavy atom. The van der Waals surface area contributed by atoms with Gasteiger partial charge in [0.05, 0.1) is 17.1 Å². The number of epoxide rings is 1. The van der Waals surface area contributed by atoms with Crippen molar-refractivity contribution in [2.24, 2.45) is 50.2 Å². The van der Waals surface area contributed by atoms with Crippen molar-refractivity contribution in [2.75, 3.05) is 6.54 Å². The van der Waals surface area contributed by atoms with Crippen LogP contribution in [0.15, 0.2) is 23.3 Å². The van der Waals surface area contributed by atoms with Gasteiger partial charge >= 0.3 is 6.18 Å². The fourth-order valence-corrected chi connectivity index (χ4v) is 11.1. The third-order valence-corrected chi connectivity index (χ3v) is 13.5. The summed E-state index contributed by atoms with van der Waals surface area (Å²) < 4.78 is 46.2. The number of hydrogen-bond donors (Lipinski definition) is 1. The second kappa shape index (κ2) is 8.73. The van der Waals surface area contributed by atoms with Crippen LogP contribution in [0.4, 0.5) is 13.2 Å². The highest BCUT2D eigenvalue weighted by molar-refractivity contribution is 6.04. The highest BCUT2D eigenvalue weighted by atomic mass is 19.4. The number of nitriles is 1. The molecule has 0 aromatic carbocycles. The molecule has 1 heterocycles. The molecule has 6 aliphatic rings. The summed E-state index contributed by atoms with van der Waals surface area (Å²) in [7, 11) is 0. The summed E-state index contributed by atoms with van der Waals surface area (Å²) in [5, 5.41) is 12.3. The summed E-state index contributed by atoms with van der Waals surface area (Å²) in [5.41, 5.74) is -1.18. The maximum Gasteiger partial charge on any atom is 0.405 e. The fraction of sp³-hybridized carbons (Fsp3) is 0.794. The molecule has 3 saturated carbocycles. The molecule has 0 aromatic rings. The van der Waals surface area contributed by atoms with Gasteiger partial charge in [-0.05, 0) is 78.9 Å². The second-order valence-corrected chi connectivity index (χ2v) is 16.4. The molecule has 9 atom stereocenters. The third-order valence-electron chi connectivity index (χ3n) is 13.5. The maximum absolute atomic E-state index is 13.8. The lowest BCUT2D eigenvalue weighted by molar-refractivity contribution is -0.178. The zero-order valence-electron chi connectivity index (χ0n) is 26.0. The van der Waals surface area contributed by atoms with Gasteiger partial charge in [-0.15, -0.1) is 0 Å². The van der Waals surface area contributed by atoms with Crippen LogP contribution in [0, 0.1) is 61.6 Å². The Labute approximate surface area is 247 Å². The molecule has 8 heteroatoms. The monoisotopic (exact) mass is 586 g/mol. The SMILES string of the molecule is CC1(C)CC[C@]2(C(=O)NCC(F)(F)F)CC[C@]3(C)C(C4OC4C=C4[C@@]5(C)C=C(C#N)C(=O)C(C)(C)C5CC[C@]43C)C2C1. The van der Waals surface area contributed by atoms with Gasteiger partial charge in [-0.3, -0.25) is 9.59 Å². The Kier molecular flexibility index (Phi) is 6.22. The number of Topliss-reactive ketones (excluding diaryl/α,β-unsaturated/α-hetero) is 1. The predicted octanol–water partition coefficient (Wildman–Crippen LogP) is 7.08. The Balaban J connectivity index is 1.46. The normalized spacial score (nSPS) is 46.6. The number of halogens is 3. The molecule has 5 aliphatic carbocycles. The lowest BCUT2D eigenvalue weighted by Crippen LogP contribution is -2.64. The minimum absolute atomic E-state index is 0.00371. The van der Waals surface area contributed by atoms with Crippen LogP contribution in [0.5, 0.6) is 0 Å². The van der Waals surface area contributed by atoms with Gasteiger partial charge in [-0.2, -0.15) is 18.4 Å². The number of nitrogens with one attached hydrogen (secondary N) is 1. The number of nitrogens with zero attached hydrogens (tertiary/aromatic N) is 1. The third kappa shape index (κ3) is 3.90. The van der Waals surface area contributed by atoms with Crippen LogP contribution in [0.3, 0.4) is 0 Å². The molecule has 0 spiro atoms. The zero-order chi connectivity index (χ0) is 30.9. The molecule has 5 unspecified atom stereocenters. The summed E-state index contributed by atoms with van der Waals surface area (Å²) in [5.74, 6) is -0.605. The van der Waals surface area contributed by atoms with Crippen LogP contribution in [-0.2, 0) is 14.3 Å². The van der Waals surface area contributed by atoms with Gasteiger partial charge in [0.2, 0.25) is 5.91 Å². The van der Waals surface area contributed by atoms with E-state index in [-0.39, 0.29) is 57.6 Å². The number of allylic oxidation sites excluding steroid dienone is 3. The van der Waals surface area contributed by atoms with Crippen molar-refractivity contribution in [1.29, 1.82) is 5.26 Å². The molecule has 0 aromatic heterocycles. The number of amides is 1. The van der Waals surface area contributed by atoms with Gasteiger partial charge in [-0.1, -0.05) is 66.2 Å². The van der Waals surface area contributed by atoms with Gasteiger partial charge in [0.15, 0.2) is 5.78 Å². The Morgan fingerprint density at radius 2 is 1.74 bits per heavy atom. The van der Waals surface area contributed by atoms with E-state index in [2.05, 4.69) is 52.1 Å². The first kappa shape index (κ1) is 29.9. The van der Waals surface area contributed by atoms with E-state index in [1.165, 1.54) is 5.57 Å². The first-order valence-electron chi connectivity index (χ1n) is 15.7. The summed E-state index contributed by atoms with van der Waals surface area (Å²) >= 11 is 0. The number of hydrogen-bond acceptors (Lipinski definition) is 4. The summed E-state index contributed by atoms with van der Waals surface area (Å²) in [6.07, 6.45) is 4.63. The van der Waals surface area contributed by atoms with Crippen molar-refractivity contribution in [1.82, 2.24) is 5.32 Å². The number of rotatable bonds is 2. The highest BCUT2D eigenvalue weighted by Crippen LogP contribution is 2.76. The molecule has 6 rings (SSSR count). The van der Waals surface area contributed by atoms with E-state index < -0.39 is 34.9 Å². The van der Waals surface area contributed by atoms with E-state index in [9.17, 15) is 28.0 Å². The average Bonchev–Trinajstić information content (AvgIpc) is 3.65. The number of fused-ring (bicyclic) bond motifs is 9. The van der Waals surface area contributed by atoms with E-state index in [0.717, 1.165) is 25.7 Å². The Hall–Kier alpha value is -2.14. The van der Waals surface area contributed by atoms with Crippen LogP contribution < -0.4 is 5.32 Å². The second-order valence-electron chi connectivity index (χ2n) is 16.4. The van der Waals surface area contributed by atoms with Crippen LogP contribution >= 0.6 is 0 Å². The number of ketones is 1. The molecule has 5 nitrogen and oxygen atoms in total. The number of ether oxygens (including phenoxy) is 1. The molecule has 0 bridgehead atoms. The largest absolute Gasteiger partial charge is 0.405 e. The maximum atomic E-state index is 13.8. The topological polar surface area (TPSA) is 82.5 Å². The van der Waals surface area contributed by atoms with Crippen molar-refractivity contribution in [3.8, 4) is 6.07 Å². The molecule has 4 fully saturated rings. The Morgan fingerprint density at radius 1 is 1.07 bits per heavy atom. The first-order valence-corrected chi connectivity index (χ1v) is 15.7. The quantitative estimate of drug-likeness (QED) is 0.277. The molecule has 42 heavy (non-hydrogen) atoms. The molecule has 1 saturated heterocycles. The van der Waals surface area contributed by atoms with Crippen LogP contribution in [0.1, 0.15) is 93.4 Å². The van der Waals surface area contributed by atoms with Crippen LogP contribution in [0.25, 0.3) is 0 Å². The van der Waals surface area contributed by atoms with Gasteiger partial charge < -0.3 is 10.1 Å². The molecule has 0 radical (unpaired) electrons. The zero-order valence-corrected chi connectivity index (χ0v) is 26.0. The van der Waals surface area contributed by atoms with Gasteiger partial charge in [0.1, 0.15) is 18.7 Å². The molecule has 1 aliphatic heterocycles. The Bertz CT molecular complexity index is 1340. The van der Waals surface area contributed by atoms with Crippen molar-refractivity contribution < 1.29 is 27.5 Å². The average molecular weight is 587 g/mol. The summed E-state index contributed by atoms with van der Waals surface area (Å²) in [6.45, 7) is 13.9. The number of carbonyl (C=O) groups is 2. The minimum Gasteiger partial charge on any atom is -0.365 e. The van der Waals surface area contributed by atoms with E-state index in [4.69, 9.17) is 4.74 Å². The van der Waals surface area contributed by atoms with Crippen molar-refractivity contribution in [2.45, 2.75) is 112 Å². The van der Waals surface area contributed by atoms with Gasteiger partial charge in [-0.25, -0.2) is 0 Å². The minimum atomic E-state index is -4.46. The summed E-state index contributed by atoms with van der Waals surface area (Å²) in [6, 6.07) is 2.19. The van der Waals surface area contributed by atoms with E-state index >= 15 is 0 Å². The van der Waals surface area contributed by atoms with E-state index in [1.54, 1.807) is 0 Å². The lowest BCUT2D eigenvalue weighted by atomic mass is 9.36. The van der Waals surface area contributed by atoms with Crippen molar-refractivity contribution >= 4 is 11.7 Å². The molecule has 1 N–H and O–H groups in total. The van der Waals surface area contributed by atoms with Gasteiger partial charge in [0.25, 0.3) is 0 Å². The predicted molar refractivity (Wildman–Crippen MR) is 152 cm³/mol. The molecular formula is C34H45F3N2O3. The van der Waals surface area contributed by atoms with E-state index in [1.807, 2.05) is 19.9 Å². The van der Waals surface area contributed by atoms with Crippen molar-refractivity contribution in [3.05, 3.63) is 23.3 Å². The van der Waals surface area contributed by atoms with Crippen molar-refractivity contribution in [3.63, 3.8) is 0 Å². The highest BCUT2D eigenvalue weighted by Gasteiger charge is 2.73. The number of carbonyl (C=O) groups excluding carboxylic acids is 2. The summed E-state index contributed by atoms with van der Waals surface area (Å²) in [4.78, 5) is 27.2. The van der Waals surface area contributed by atoms with Crippen LogP contribution in [0.2, 0.25) is 0 Å². The molecule has 230 valence electrons.